The molecule has 6 rings (SSSR count). The highest BCUT2D eigenvalue weighted by atomic mass is 32.2. The van der Waals surface area contributed by atoms with Crippen molar-refractivity contribution < 1.29 is 13.5 Å². The van der Waals surface area contributed by atoms with Crippen LogP contribution in [0.2, 0.25) is 0 Å². The monoisotopic (exact) mass is 564 g/mol. The molecule has 0 bridgehead atoms. The van der Waals surface area contributed by atoms with Gasteiger partial charge in [-0.25, -0.2) is 13.4 Å². The van der Waals surface area contributed by atoms with Crippen molar-refractivity contribution in [1.82, 2.24) is 9.88 Å². The van der Waals surface area contributed by atoms with Crippen molar-refractivity contribution in [3.63, 3.8) is 0 Å². The zero-order chi connectivity index (χ0) is 28.2. The van der Waals surface area contributed by atoms with Gasteiger partial charge in [-0.2, -0.15) is 0 Å². The van der Waals surface area contributed by atoms with E-state index in [1.165, 1.54) is 24.8 Å². The maximum absolute atomic E-state index is 13.0. The van der Waals surface area contributed by atoms with Crippen LogP contribution >= 0.6 is 0 Å². The molecule has 7 nitrogen and oxygen atoms in total. The Labute approximate surface area is 240 Å². The van der Waals surface area contributed by atoms with Gasteiger partial charge in [-0.05, 0) is 74.0 Å². The zero-order valence-electron chi connectivity index (χ0n) is 22.6. The number of aromatic nitrogens is 1. The zero-order valence-corrected chi connectivity index (χ0v) is 23.4. The Morgan fingerprint density at radius 3 is 2.24 bits per heavy atom. The van der Waals surface area contributed by atoms with E-state index in [9.17, 15) is 13.5 Å². The summed E-state index contributed by atoms with van der Waals surface area (Å²) < 4.78 is 28.6. The van der Waals surface area contributed by atoms with Crippen LogP contribution in [0.1, 0.15) is 36.0 Å². The molecule has 1 fully saturated rings. The van der Waals surface area contributed by atoms with Crippen LogP contribution in [0.4, 0.5) is 11.4 Å². The van der Waals surface area contributed by atoms with E-state index >= 15 is 0 Å². The quantitative estimate of drug-likeness (QED) is 0.180. The summed E-state index contributed by atoms with van der Waals surface area (Å²) in [5.41, 5.74) is 4.98. The molecule has 0 amide bonds. The highest BCUT2D eigenvalue weighted by Crippen LogP contribution is 2.34. The molecule has 4 aromatic carbocycles. The average Bonchev–Trinajstić information content (AvgIpc) is 3.32. The topological polar surface area (TPSA) is 97.8 Å². The first-order valence-corrected chi connectivity index (χ1v) is 15.3. The fourth-order valence-corrected chi connectivity index (χ4v) is 6.41. The summed E-state index contributed by atoms with van der Waals surface area (Å²) in [6.45, 7) is 3.21. The number of sulfonamides is 1. The van der Waals surface area contributed by atoms with Gasteiger partial charge < -0.3 is 10.1 Å². The van der Waals surface area contributed by atoms with Gasteiger partial charge in [0, 0.05) is 28.7 Å². The Morgan fingerprint density at radius 1 is 0.854 bits per heavy atom. The van der Waals surface area contributed by atoms with Gasteiger partial charge in [0.1, 0.15) is 0 Å². The number of benzene rings is 4. The number of rotatable bonds is 8. The van der Waals surface area contributed by atoms with Gasteiger partial charge in [0.2, 0.25) is 0 Å². The molecule has 0 aliphatic carbocycles. The normalized spacial score (nSPS) is 14.8. The summed E-state index contributed by atoms with van der Waals surface area (Å²) in [5, 5.41) is 11.7. The average molecular weight is 565 g/mol. The predicted octanol–water partition coefficient (Wildman–Crippen LogP) is 6.83. The number of anilines is 1. The first kappa shape index (κ1) is 26.8. The summed E-state index contributed by atoms with van der Waals surface area (Å²) in [5.74, 6) is -0.0348. The number of hydrogen-bond acceptors (Lipinski definition) is 5. The fourth-order valence-electron chi connectivity index (χ4n) is 5.34. The SMILES string of the molecule is O=S(=O)(Nc1ccc2[nH]c(O)c(C(=Nc3ccc(CN4CCCCC4)cc3)c3ccccc3)c2c1)c1ccccc1. The highest BCUT2D eigenvalue weighted by molar-refractivity contribution is 7.92. The van der Waals surface area contributed by atoms with Crippen molar-refractivity contribution in [3.05, 3.63) is 120 Å². The summed E-state index contributed by atoms with van der Waals surface area (Å²) >= 11 is 0. The van der Waals surface area contributed by atoms with E-state index in [-0.39, 0.29) is 10.8 Å². The van der Waals surface area contributed by atoms with Crippen molar-refractivity contribution >= 4 is 38.0 Å². The van der Waals surface area contributed by atoms with Gasteiger partial charge >= 0.3 is 0 Å². The number of hydrogen-bond donors (Lipinski definition) is 3. The minimum absolute atomic E-state index is 0.0348. The summed E-state index contributed by atoms with van der Waals surface area (Å²) in [7, 11) is -3.78. The Hall–Kier alpha value is -4.40. The number of aromatic hydroxyl groups is 1. The van der Waals surface area contributed by atoms with Crippen LogP contribution in [0, 0.1) is 0 Å². The van der Waals surface area contributed by atoms with Gasteiger partial charge in [-0.1, -0.05) is 67.1 Å². The molecule has 0 saturated carbocycles. The molecular formula is C33H32N4O3S. The molecule has 2 heterocycles. The van der Waals surface area contributed by atoms with E-state index in [0.717, 1.165) is 30.9 Å². The van der Waals surface area contributed by atoms with Crippen molar-refractivity contribution in [3.8, 4) is 5.88 Å². The summed E-state index contributed by atoms with van der Waals surface area (Å²) in [6.07, 6.45) is 3.83. The molecule has 1 aliphatic rings. The predicted molar refractivity (Wildman–Crippen MR) is 165 cm³/mol. The fraction of sp³-hybridized carbons (Fsp3) is 0.182. The molecule has 3 N–H and O–H groups in total. The maximum atomic E-state index is 13.0. The second-order valence-corrected chi connectivity index (χ2v) is 12.0. The van der Waals surface area contributed by atoms with E-state index < -0.39 is 10.0 Å². The molecule has 8 heteroatoms. The minimum atomic E-state index is -3.78. The second-order valence-electron chi connectivity index (χ2n) is 10.4. The van der Waals surface area contributed by atoms with E-state index in [4.69, 9.17) is 4.99 Å². The summed E-state index contributed by atoms with van der Waals surface area (Å²) in [6, 6.07) is 31.3. The van der Waals surface area contributed by atoms with Crippen LogP contribution in [0.25, 0.3) is 10.9 Å². The van der Waals surface area contributed by atoms with Gasteiger partial charge in [0.15, 0.2) is 5.88 Å². The summed E-state index contributed by atoms with van der Waals surface area (Å²) in [4.78, 5) is 10.7. The van der Waals surface area contributed by atoms with Crippen LogP contribution in [0.3, 0.4) is 0 Å². The lowest BCUT2D eigenvalue weighted by atomic mass is 10.0. The van der Waals surface area contributed by atoms with Crippen LogP contribution in [0.15, 0.2) is 113 Å². The van der Waals surface area contributed by atoms with E-state index in [1.54, 1.807) is 48.5 Å². The highest BCUT2D eigenvalue weighted by Gasteiger charge is 2.21. The Kier molecular flexibility index (Phi) is 7.59. The molecule has 0 unspecified atom stereocenters. The van der Waals surface area contributed by atoms with Crippen molar-refractivity contribution in [1.29, 1.82) is 0 Å². The number of nitrogens with zero attached hydrogens (tertiary/aromatic N) is 2. The number of H-pyrrole nitrogens is 1. The van der Waals surface area contributed by atoms with Crippen molar-refractivity contribution in [2.75, 3.05) is 17.8 Å². The molecule has 1 aliphatic heterocycles. The lowest BCUT2D eigenvalue weighted by molar-refractivity contribution is 0.221. The van der Waals surface area contributed by atoms with Gasteiger partial charge in [0.05, 0.1) is 21.9 Å². The van der Waals surface area contributed by atoms with E-state index in [1.807, 2.05) is 42.5 Å². The smallest absolute Gasteiger partial charge is 0.261 e. The molecule has 0 atom stereocenters. The first-order chi connectivity index (χ1) is 20.0. The van der Waals surface area contributed by atoms with Crippen LogP contribution in [-0.4, -0.2) is 42.2 Å². The van der Waals surface area contributed by atoms with E-state index in [0.29, 0.717) is 27.9 Å². The molecular weight excluding hydrogens is 532 g/mol. The Balaban J connectivity index is 1.38. The molecule has 0 spiro atoms. The number of fused-ring (bicyclic) bond motifs is 1. The Bertz CT molecular complexity index is 1780. The van der Waals surface area contributed by atoms with Crippen molar-refractivity contribution in [2.24, 2.45) is 4.99 Å². The minimum Gasteiger partial charge on any atom is -0.494 e. The van der Waals surface area contributed by atoms with Crippen molar-refractivity contribution in [2.45, 2.75) is 30.7 Å². The first-order valence-electron chi connectivity index (χ1n) is 13.8. The van der Waals surface area contributed by atoms with Crippen LogP contribution in [0.5, 0.6) is 5.88 Å². The van der Waals surface area contributed by atoms with Gasteiger partial charge in [-0.3, -0.25) is 9.62 Å². The molecule has 41 heavy (non-hydrogen) atoms. The molecule has 1 aromatic heterocycles. The Morgan fingerprint density at radius 2 is 1.54 bits per heavy atom. The molecule has 1 saturated heterocycles. The number of aliphatic imine (C=N–C) groups is 1. The molecule has 5 aromatic rings. The van der Waals surface area contributed by atoms with E-state index in [2.05, 4.69) is 26.7 Å². The molecule has 208 valence electrons. The van der Waals surface area contributed by atoms with Crippen LogP contribution in [-0.2, 0) is 16.6 Å². The molecule has 0 radical (unpaired) electrons. The largest absolute Gasteiger partial charge is 0.494 e. The standard InChI is InChI=1S/C33H32N4O3S/c38-33-31(29-22-27(18-19-30(29)35-33)36-41(39,40)28-12-6-2-7-13-28)32(25-10-4-1-5-11-25)34-26-16-14-24(15-17-26)23-37-20-8-3-9-21-37/h1-2,4-7,10-19,22,35-36,38H,3,8-9,20-21,23H2. The third kappa shape index (κ3) is 6.04. The number of aromatic amines is 1. The third-order valence-electron chi connectivity index (χ3n) is 7.40. The number of piperidine rings is 1. The second kappa shape index (κ2) is 11.6. The third-order valence-corrected chi connectivity index (χ3v) is 8.80. The number of likely N-dealkylation sites (tertiary alicyclic amines) is 1. The van der Waals surface area contributed by atoms with Gasteiger partial charge in [-0.15, -0.1) is 0 Å². The van der Waals surface area contributed by atoms with Crippen LogP contribution < -0.4 is 4.72 Å². The number of nitrogens with one attached hydrogen (secondary N) is 2. The maximum Gasteiger partial charge on any atom is 0.261 e. The van der Waals surface area contributed by atoms with Gasteiger partial charge in [0.25, 0.3) is 10.0 Å². The lowest BCUT2D eigenvalue weighted by Gasteiger charge is -2.26. The lowest BCUT2D eigenvalue weighted by Crippen LogP contribution is -2.28.